The molecule has 92 valence electrons. The van der Waals surface area contributed by atoms with Crippen molar-refractivity contribution in [1.82, 2.24) is 0 Å². The zero-order valence-corrected chi connectivity index (χ0v) is 10.3. The summed E-state index contributed by atoms with van der Waals surface area (Å²) in [6, 6.07) is 7.76. The fourth-order valence-electron chi connectivity index (χ4n) is 2.12. The van der Waals surface area contributed by atoms with Crippen molar-refractivity contribution in [2.75, 3.05) is 13.7 Å². The van der Waals surface area contributed by atoms with Gasteiger partial charge in [0.15, 0.2) is 0 Å². The van der Waals surface area contributed by atoms with Crippen LogP contribution in [-0.4, -0.2) is 19.7 Å². The molecule has 1 atom stereocenters. The molecule has 1 aliphatic carbocycles. The Morgan fingerprint density at radius 3 is 2.82 bits per heavy atom. The summed E-state index contributed by atoms with van der Waals surface area (Å²) in [5, 5.41) is 0. The highest BCUT2D eigenvalue weighted by molar-refractivity contribution is 5.79. The van der Waals surface area contributed by atoms with Crippen molar-refractivity contribution in [1.29, 1.82) is 0 Å². The van der Waals surface area contributed by atoms with Crippen LogP contribution in [0.4, 0.5) is 0 Å². The normalized spacial score (nSPS) is 16.4. The molecule has 0 radical (unpaired) electrons. The first-order valence-electron chi connectivity index (χ1n) is 6.06. The van der Waals surface area contributed by atoms with Gasteiger partial charge in [0.05, 0.1) is 19.6 Å². The third-order valence-electron chi connectivity index (χ3n) is 3.08. The summed E-state index contributed by atoms with van der Waals surface area (Å²) < 4.78 is 10.3. The number of benzene rings is 1. The number of ether oxygens (including phenoxy) is 2. The monoisotopic (exact) mass is 234 g/mol. The van der Waals surface area contributed by atoms with E-state index in [-0.39, 0.29) is 11.9 Å². The molecule has 1 aromatic rings. The average Bonchev–Trinajstić information content (AvgIpc) is 3.14. The summed E-state index contributed by atoms with van der Waals surface area (Å²) in [6.07, 6.45) is 2.22. The molecular formula is C14H18O3. The lowest BCUT2D eigenvalue weighted by Gasteiger charge is -2.15. The molecule has 0 spiro atoms. The van der Waals surface area contributed by atoms with Gasteiger partial charge >= 0.3 is 5.97 Å². The topological polar surface area (TPSA) is 35.5 Å². The summed E-state index contributed by atoms with van der Waals surface area (Å²) >= 11 is 0. The Morgan fingerprint density at radius 1 is 1.47 bits per heavy atom. The van der Waals surface area contributed by atoms with Crippen molar-refractivity contribution in [3.05, 3.63) is 29.8 Å². The molecular weight excluding hydrogens is 216 g/mol. The summed E-state index contributed by atoms with van der Waals surface area (Å²) in [5.74, 6) is 1.00. The predicted octanol–water partition coefficient (Wildman–Crippen LogP) is 2.75. The third-order valence-corrected chi connectivity index (χ3v) is 3.08. The summed E-state index contributed by atoms with van der Waals surface area (Å²) in [6.45, 7) is 2.58. The third kappa shape index (κ3) is 2.78. The fourth-order valence-corrected chi connectivity index (χ4v) is 2.12. The van der Waals surface area contributed by atoms with E-state index in [0.717, 1.165) is 24.2 Å². The molecule has 2 rings (SSSR count). The van der Waals surface area contributed by atoms with Crippen molar-refractivity contribution in [3.63, 3.8) is 0 Å². The van der Waals surface area contributed by atoms with Crippen LogP contribution < -0.4 is 4.74 Å². The van der Waals surface area contributed by atoms with Gasteiger partial charge in [-0.05, 0) is 43.4 Å². The van der Waals surface area contributed by atoms with Gasteiger partial charge in [0, 0.05) is 0 Å². The number of hydrogen-bond donors (Lipinski definition) is 0. The van der Waals surface area contributed by atoms with Crippen LogP contribution in [0.3, 0.4) is 0 Å². The highest BCUT2D eigenvalue weighted by Crippen LogP contribution is 2.43. The first kappa shape index (κ1) is 12.0. The Morgan fingerprint density at radius 2 is 2.24 bits per heavy atom. The van der Waals surface area contributed by atoms with Crippen LogP contribution in [0.2, 0.25) is 0 Å². The maximum absolute atomic E-state index is 11.8. The average molecular weight is 234 g/mol. The minimum Gasteiger partial charge on any atom is -0.494 e. The molecule has 1 aliphatic rings. The minimum atomic E-state index is -0.138. The summed E-state index contributed by atoms with van der Waals surface area (Å²) in [4.78, 5) is 11.8. The summed E-state index contributed by atoms with van der Waals surface area (Å²) in [5.41, 5.74) is 1.00. The van der Waals surface area contributed by atoms with Crippen molar-refractivity contribution >= 4 is 5.97 Å². The van der Waals surface area contributed by atoms with Gasteiger partial charge in [0.2, 0.25) is 0 Å². The second-order valence-electron chi connectivity index (χ2n) is 4.34. The number of esters is 1. The molecule has 1 saturated carbocycles. The smallest absolute Gasteiger partial charge is 0.313 e. The Kier molecular flexibility index (Phi) is 3.67. The Labute approximate surface area is 102 Å². The van der Waals surface area contributed by atoms with E-state index < -0.39 is 0 Å². The van der Waals surface area contributed by atoms with Crippen LogP contribution in [0.1, 0.15) is 31.2 Å². The van der Waals surface area contributed by atoms with E-state index in [2.05, 4.69) is 0 Å². The quantitative estimate of drug-likeness (QED) is 0.735. The van der Waals surface area contributed by atoms with Crippen LogP contribution in [0.15, 0.2) is 24.3 Å². The van der Waals surface area contributed by atoms with Gasteiger partial charge in [-0.15, -0.1) is 0 Å². The highest BCUT2D eigenvalue weighted by atomic mass is 16.5. The lowest BCUT2D eigenvalue weighted by Crippen LogP contribution is -2.16. The van der Waals surface area contributed by atoms with Crippen molar-refractivity contribution < 1.29 is 14.3 Å². The molecule has 17 heavy (non-hydrogen) atoms. The van der Waals surface area contributed by atoms with Gasteiger partial charge in [-0.25, -0.2) is 0 Å². The standard InChI is InChI=1S/C14H18O3/c1-3-17-12-6-4-5-11(9-12)13(10-7-8-10)14(15)16-2/h4-6,9-10,13H,3,7-8H2,1-2H3. The number of rotatable bonds is 5. The molecule has 0 aliphatic heterocycles. The summed E-state index contributed by atoms with van der Waals surface area (Å²) in [7, 11) is 1.45. The lowest BCUT2D eigenvalue weighted by atomic mass is 9.94. The van der Waals surface area contributed by atoms with Crippen LogP contribution in [0, 0.1) is 5.92 Å². The van der Waals surface area contributed by atoms with E-state index in [0.29, 0.717) is 12.5 Å². The van der Waals surface area contributed by atoms with E-state index in [9.17, 15) is 4.79 Å². The van der Waals surface area contributed by atoms with Gasteiger partial charge < -0.3 is 9.47 Å². The molecule has 3 nitrogen and oxygen atoms in total. The van der Waals surface area contributed by atoms with Gasteiger partial charge in [-0.1, -0.05) is 12.1 Å². The van der Waals surface area contributed by atoms with E-state index >= 15 is 0 Å². The Hall–Kier alpha value is -1.51. The van der Waals surface area contributed by atoms with Gasteiger partial charge in [-0.2, -0.15) is 0 Å². The Bertz CT molecular complexity index is 396. The number of carbonyl (C=O) groups is 1. The van der Waals surface area contributed by atoms with E-state index in [1.165, 1.54) is 7.11 Å². The van der Waals surface area contributed by atoms with Gasteiger partial charge in [-0.3, -0.25) is 4.79 Å². The number of carbonyl (C=O) groups excluding carboxylic acids is 1. The molecule has 1 aromatic carbocycles. The zero-order valence-electron chi connectivity index (χ0n) is 10.3. The molecule has 3 heteroatoms. The van der Waals surface area contributed by atoms with Gasteiger partial charge in [0.25, 0.3) is 0 Å². The fraction of sp³-hybridized carbons (Fsp3) is 0.500. The van der Waals surface area contributed by atoms with Crippen LogP contribution in [0.5, 0.6) is 5.75 Å². The maximum atomic E-state index is 11.8. The molecule has 0 heterocycles. The highest BCUT2D eigenvalue weighted by Gasteiger charge is 2.38. The second-order valence-corrected chi connectivity index (χ2v) is 4.34. The van der Waals surface area contributed by atoms with E-state index in [1.807, 2.05) is 31.2 Å². The van der Waals surface area contributed by atoms with Gasteiger partial charge in [0.1, 0.15) is 5.75 Å². The molecule has 1 unspecified atom stereocenters. The number of hydrogen-bond acceptors (Lipinski definition) is 3. The largest absolute Gasteiger partial charge is 0.494 e. The van der Waals surface area contributed by atoms with Crippen LogP contribution in [0.25, 0.3) is 0 Å². The Balaban J connectivity index is 2.22. The molecule has 1 fully saturated rings. The molecule has 0 saturated heterocycles. The SMILES string of the molecule is CCOc1cccc(C(C(=O)OC)C2CC2)c1. The lowest BCUT2D eigenvalue weighted by molar-refractivity contribution is -0.143. The number of methoxy groups -OCH3 is 1. The second kappa shape index (κ2) is 5.21. The first-order chi connectivity index (χ1) is 8.26. The molecule has 0 bridgehead atoms. The van der Waals surface area contributed by atoms with E-state index in [4.69, 9.17) is 9.47 Å². The molecule has 0 aromatic heterocycles. The van der Waals surface area contributed by atoms with Crippen LogP contribution >= 0.6 is 0 Å². The van der Waals surface area contributed by atoms with Crippen molar-refractivity contribution in [2.24, 2.45) is 5.92 Å². The maximum Gasteiger partial charge on any atom is 0.313 e. The molecule has 0 N–H and O–H groups in total. The predicted molar refractivity (Wildman–Crippen MR) is 65.1 cm³/mol. The minimum absolute atomic E-state index is 0.125. The zero-order chi connectivity index (χ0) is 12.3. The van der Waals surface area contributed by atoms with Crippen molar-refractivity contribution in [3.8, 4) is 5.75 Å². The van der Waals surface area contributed by atoms with E-state index in [1.54, 1.807) is 0 Å². The van der Waals surface area contributed by atoms with Crippen molar-refractivity contribution in [2.45, 2.75) is 25.7 Å². The van der Waals surface area contributed by atoms with Crippen LogP contribution in [-0.2, 0) is 9.53 Å². The first-order valence-corrected chi connectivity index (χ1v) is 6.06. The molecule has 0 amide bonds.